The molecule has 5 atom stereocenters. The molecule has 0 unspecified atom stereocenters. The van der Waals surface area contributed by atoms with Crippen molar-refractivity contribution in [3.8, 4) is 0 Å². The average Bonchev–Trinajstić information content (AvgIpc) is 2.56. The number of amides is 1. The van der Waals surface area contributed by atoms with Crippen molar-refractivity contribution in [1.82, 2.24) is 5.32 Å². The van der Waals surface area contributed by atoms with Gasteiger partial charge in [-0.2, -0.15) is 13.2 Å². The molecule has 1 rings (SSSR count). The van der Waals surface area contributed by atoms with Crippen LogP contribution in [0.3, 0.4) is 0 Å². The van der Waals surface area contributed by atoms with E-state index in [2.05, 4.69) is 0 Å². The first-order chi connectivity index (χ1) is 13.9. The molecule has 9 nitrogen and oxygen atoms in total. The fourth-order valence-corrected chi connectivity index (χ4v) is 3.63. The number of halogens is 3. The number of aliphatic hydroxyl groups excluding tert-OH is 1. The molecule has 0 aromatic carbocycles. The fraction of sp³-hybridized carbons (Fsp3) is 0.833. The minimum Gasteiger partial charge on any atom is -0.456 e. The SMILES string of the molecule is CC(=O)O[C@@H]1[C@@H](NC(=O)C(F)(F)F)[C@H](O)O[C@H](CO[Si](C)(C)C(C)(C)C)[C@H]1OC(C)=O. The van der Waals surface area contributed by atoms with E-state index in [0.717, 1.165) is 13.8 Å². The van der Waals surface area contributed by atoms with E-state index < -0.39 is 63.0 Å². The molecule has 180 valence electrons. The highest BCUT2D eigenvalue weighted by Gasteiger charge is 2.53. The van der Waals surface area contributed by atoms with E-state index >= 15 is 0 Å². The lowest BCUT2D eigenvalue weighted by Crippen LogP contribution is -2.67. The topological polar surface area (TPSA) is 120 Å². The molecule has 1 aliphatic rings. The normalized spacial score (nSPS) is 27.4. The second-order valence-corrected chi connectivity index (χ2v) is 13.6. The van der Waals surface area contributed by atoms with Gasteiger partial charge in [0, 0.05) is 13.8 Å². The van der Waals surface area contributed by atoms with Crippen LogP contribution in [0.2, 0.25) is 18.1 Å². The third kappa shape index (κ3) is 7.44. The number of alkyl halides is 3. The first-order valence-electron chi connectivity index (χ1n) is 9.56. The second kappa shape index (κ2) is 9.84. The van der Waals surface area contributed by atoms with Gasteiger partial charge in [0.15, 0.2) is 26.8 Å². The summed E-state index contributed by atoms with van der Waals surface area (Å²) in [5.74, 6) is -4.14. The van der Waals surface area contributed by atoms with Crippen LogP contribution in [0.25, 0.3) is 0 Å². The van der Waals surface area contributed by atoms with Gasteiger partial charge < -0.3 is 29.1 Å². The molecular formula is C18H30F3NO8Si. The van der Waals surface area contributed by atoms with E-state index in [1.807, 2.05) is 33.9 Å². The lowest BCUT2D eigenvalue weighted by molar-refractivity contribution is -0.264. The lowest BCUT2D eigenvalue weighted by atomic mass is 9.96. The second-order valence-electron chi connectivity index (χ2n) is 8.78. The van der Waals surface area contributed by atoms with Gasteiger partial charge in [0.1, 0.15) is 12.1 Å². The summed E-state index contributed by atoms with van der Waals surface area (Å²) in [7, 11) is -2.33. The highest BCUT2D eigenvalue weighted by molar-refractivity contribution is 6.74. The van der Waals surface area contributed by atoms with Crippen molar-refractivity contribution in [2.45, 2.75) is 89.6 Å². The molecule has 1 fully saturated rings. The average molecular weight is 474 g/mol. The Labute approximate surface area is 179 Å². The number of hydrogen-bond donors (Lipinski definition) is 2. The molecule has 0 aliphatic carbocycles. The van der Waals surface area contributed by atoms with E-state index in [9.17, 15) is 32.7 Å². The maximum atomic E-state index is 12.7. The Morgan fingerprint density at radius 3 is 1.94 bits per heavy atom. The lowest BCUT2D eigenvalue weighted by Gasteiger charge is -2.45. The largest absolute Gasteiger partial charge is 0.471 e. The van der Waals surface area contributed by atoms with Crippen molar-refractivity contribution >= 4 is 26.2 Å². The van der Waals surface area contributed by atoms with E-state index in [1.54, 1.807) is 5.32 Å². The molecule has 13 heteroatoms. The van der Waals surface area contributed by atoms with Crippen LogP contribution < -0.4 is 5.32 Å². The molecule has 0 saturated carbocycles. The molecule has 0 bridgehead atoms. The summed E-state index contributed by atoms with van der Waals surface area (Å²) >= 11 is 0. The van der Waals surface area contributed by atoms with Crippen LogP contribution in [-0.2, 0) is 33.0 Å². The summed E-state index contributed by atoms with van der Waals surface area (Å²) in [4.78, 5) is 34.6. The Morgan fingerprint density at radius 1 is 1.03 bits per heavy atom. The van der Waals surface area contributed by atoms with E-state index in [-0.39, 0.29) is 11.6 Å². The molecule has 0 aromatic heterocycles. The molecular weight excluding hydrogens is 443 g/mol. The summed E-state index contributed by atoms with van der Waals surface area (Å²) in [6.07, 6.45) is -11.5. The molecule has 0 spiro atoms. The third-order valence-corrected chi connectivity index (χ3v) is 9.74. The number of carbonyl (C=O) groups is 3. The van der Waals surface area contributed by atoms with Crippen LogP contribution in [0.1, 0.15) is 34.6 Å². The third-order valence-electron chi connectivity index (χ3n) is 5.24. The predicted octanol–water partition coefficient (Wildman–Crippen LogP) is 1.64. The minimum atomic E-state index is -5.26. The van der Waals surface area contributed by atoms with E-state index in [0.29, 0.717) is 0 Å². The fourth-order valence-electron chi connectivity index (χ4n) is 2.61. The van der Waals surface area contributed by atoms with Gasteiger partial charge in [0.2, 0.25) is 0 Å². The zero-order valence-electron chi connectivity index (χ0n) is 18.5. The quantitative estimate of drug-likeness (QED) is 0.441. The van der Waals surface area contributed by atoms with E-state index in [4.69, 9.17) is 18.6 Å². The highest BCUT2D eigenvalue weighted by atomic mass is 28.4. The van der Waals surface area contributed by atoms with Crippen LogP contribution in [0.15, 0.2) is 0 Å². The van der Waals surface area contributed by atoms with Gasteiger partial charge in [-0.05, 0) is 18.1 Å². The maximum absolute atomic E-state index is 12.7. The first kappa shape index (κ1) is 27.3. The van der Waals surface area contributed by atoms with Crippen molar-refractivity contribution in [1.29, 1.82) is 0 Å². The predicted molar refractivity (Wildman–Crippen MR) is 103 cm³/mol. The smallest absolute Gasteiger partial charge is 0.456 e. The van der Waals surface area contributed by atoms with Crippen LogP contribution in [0.4, 0.5) is 13.2 Å². The number of ether oxygens (including phenoxy) is 3. The molecule has 1 aliphatic heterocycles. The molecule has 1 heterocycles. The van der Waals surface area contributed by atoms with Crippen LogP contribution in [0, 0.1) is 0 Å². The summed E-state index contributed by atoms with van der Waals surface area (Å²) in [5, 5.41) is 11.6. The van der Waals surface area contributed by atoms with Crippen molar-refractivity contribution in [3.63, 3.8) is 0 Å². The van der Waals surface area contributed by atoms with Gasteiger partial charge in [-0.1, -0.05) is 20.8 Å². The summed E-state index contributed by atoms with van der Waals surface area (Å²) in [6, 6.07) is -1.84. The van der Waals surface area contributed by atoms with E-state index in [1.165, 1.54) is 0 Å². The standard InChI is InChI=1S/C18H30F3NO8Si/c1-9(23)28-13-11(8-27-31(6,7)17(3,4)5)30-15(25)12(14(13)29-10(2)24)22-16(26)18(19,20)21/h11-15,25H,8H2,1-7H3,(H,22,26)/t11-,12-,13-,14-,15-/m1/s1. The Balaban J connectivity index is 3.23. The van der Waals surface area contributed by atoms with Gasteiger partial charge in [0.25, 0.3) is 0 Å². The number of esters is 2. The summed E-state index contributed by atoms with van der Waals surface area (Å²) in [6.45, 7) is 11.6. The van der Waals surface area contributed by atoms with Gasteiger partial charge in [0.05, 0.1) is 6.61 Å². The van der Waals surface area contributed by atoms with Crippen LogP contribution >= 0.6 is 0 Å². The highest BCUT2D eigenvalue weighted by Crippen LogP contribution is 2.37. The number of rotatable bonds is 6. The zero-order chi connectivity index (χ0) is 24.4. The number of hydrogen-bond acceptors (Lipinski definition) is 8. The van der Waals surface area contributed by atoms with Gasteiger partial charge in [-0.3, -0.25) is 14.4 Å². The minimum absolute atomic E-state index is 0.191. The van der Waals surface area contributed by atoms with Gasteiger partial charge in [-0.25, -0.2) is 0 Å². The van der Waals surface area contributed by atoms with Crippen LogP contribution in [-0.4, -0.2) is 74.7 Å². The monoisotopic (exact) mass is 473 g/mol. The number of aliphatic hydroxyl groups is 1. The Morgan fingerprint density at radius 2 is 1.52 bits per heavy atom. The Bertz CT molecular complexity index is 680. The molecule has 1 amide bonds. The Hall–Kier alpha value is -1.70. The van der Waals surface area contributed by atoms with Crippen molar-refractivity contribution in [2.75, 3.05) is 6.61 Å². The van der Waals surface area contributed by atoms with Crippen molar-refractivity contribution in [3.05, 3.63) is 0 Å². The number of carbonyl (C=O) groups excluding carboxylic acids is 3. The Kier molecular flexibility index (Phi) is 8.67. The molecule has 1 saturated heterocycles. The maximum Gasteiger partial charge on any atom is 0.471 e. The molecule has 2 N–H and O–H groups in total. The molecule has 0 radical (unpaired) electrons. The summed E-state index contributed by atoms with van der Waals surface area (Å²) < 4.78 is 59.8. The van der Waals surface area contributed by atoms with Crippen molar-refractivity contribution in [2.24, 2.45) is 0 Å². The first-order valence-corrected chi connectivity index (χ1v) is 12.5. The number of nitrogens with one attached hydrogen (secondary N) is 1. The van der Waals surface area contributed by atoms with Crippen LogP contribution in [0.5, 0.6) is 0 Å². The summed E-state index contributed by atoms with van der Waals surface area (Å²) in [5.41, 5.74) is 0. The zero-order valence-corrected chi connectivity index (χ0v) is 19.5. The molecule has 31 heavy (non-hydrogen) atoms. The van der Waals surface area contributed by atoms with Gasteiger partial charge >= 0.3 is 24.0 Å². The molecule has 0 aromatic rings. The van der Waals surface area contributed by atoms with Crippen molar-refractivity contribution < 1.29 is 51.3 Å². The van der Waals surface area contributed by atoms with Gasteiger partial charge in [-0.15, -0.1) is 0 Å².